The maximum Gasteiger partial charge on any atom is 0.266 e. The van der Waals surface area contributed by atoms with E-state index >= 15 is 0 Å². The molecule has 0 spiro atoms. The van der Waals surface area contributed by atoms with Crippen molar-refractivity contribution in [2.75, 3.05) is 19.9 Å². The summed E-state index contributed by atoms with van der Waals surface area (Å²) in [4.78, 5) is 20.7. The number of likely N-dealkylation sites (N-methyl/N-ethyl adjacent to an activating group) is 1. The molecule has 0 saturated carbocycles. The number of nitrogens with zero attached hydrogens (tertiary/aromatic N) is 2. The normalized spacial score (nSPS) is 17.0. The van der Waals surface area contributed by atoms with E-state index in [1.165, 1.54) is 11.8 Å². The van der Waals surface area contributed by atoms with Crippen LogP contribution in [0.2, 0.25) is 0 Å². The van der Waals surface area contributed by atoms with Crippen molar-refractivity contribution in [3.63, 3.8) is 0 Å². The first kappa shape index (κ1) is 20.6. The maximum atomic E-state index is 12.6. The van der Waals surface area contributed by atoms with Crippen molar-refractivity contribution in [3.8, 4) is 5.75 Å². The Morgan fingerprint density at radius 3 is 2.82 bits per heavy atom. The smallest absolute Gasteiger partial charge is 0.266 e. The summed E-state index contributed by atoms with van der Waals surface area (Å²) in [5, 5.41) is 0.685. The number of carbonyl (C=O) groups excluding carboxylic acids is 1. The molecule has 4 nitrogen and oxygen atoms in total. The zero-order valence-electron chi connectivity index (χ0n) is 16.3. The Hall–Kier alpha value is -2.18. The highest BCUT2D eigenvalue weighted by Gasteiger charge is 2.30. The molecule has 28 heavy (non-hydrogen) atoms. The van der Waals surface area contributed by atoms with Gasteiger partial charge in [0, 0.05) is 11.9 Å². The molecule has 1 aliphatic rings. The zero-order chi connectivity index (χ0) is 19.9. The molecule has 1 amide bonds. The molecule has 1 saturated heterocycles. The first-order chi connectivity index (χ1) is 13.6. The van der Waals surface area contributed by atoms with E-state index in [9.17, 15) is 4.79 Å². The summed E-state index contributed by atoms with van der Waals surface area (Å²) >= 11 is 3.07. The average Bonchev–Trinajstić information content (AvgIpc) is 2.96. The van der Waals surface area contributed by atoms with Gasteiger partial charge in [-0.3, -0.25) is 9.69 Å². The number of ether oxygens (including phenoxy) is 1. The number of carbonyl (C=O) groups is 1. The number of hydrogen-bond donors (Lipinski definition) is 0. The van der Waals surface area contributed by atoms with Crippen LogP contribution in [0.25, 0.3) is 6.08 Å². The van der Waals surface area contributed by atoms with Crippen molar-refractivity contribution in [3.05, 3.63) is 59.0 Å². The number of amidine groups is 1. The monoisotopic (exact) mass is 412 g/mol. The molecule has 2 aromatic carbocycles. The fourth-order valence-electron chi connectivity index (χ4n) is 2.62. The molecule has 146 valence electrons. The molecular weight excluding hydrogens is 388 g/mol. The summed E-state index contributed by atoms with van der Waals surface area (Å²) in [5.74, 6) is 0.788. The molecule has 1 aliphatic heterocycles. The average molecular weight is 413 g/mol. The Morgan fingerprint density at radius 1 is 1.21 bits per heavy atom. The molecule has 0 aliphatic carbocycles. The highest BCUT2D eigenvalue weighted by atomic mass is 32.2. The molecule has 0 unspecified atom stereocenters. The molecule has 1 heterocycles. The van der Waals surface area contributed by atoms with Crippen molar-refractivity contribution in [2.45, 2.75) is 24.7 Å². The van der Waals surface area contributed by atoms with Gasteiger partial charge < -0.3 is 4.74 Å². The molecule has 1 fully saturated rings. The minimum Gasteiger partial charge on any atom is -0.494 e. The fourth-order valence-corrected chi connectivity index (χ4v) is 4.06. The lowest BCUT2D eigenvalue weighted by atomic mass is 10.2. The Morgan fingerprint density at radius 2 is 2.04 bits per heavy atom. The second kappa shape index (κ2) is 9.85. The van der Waals surface area contributed by atoms with Crippen molar-refractivity contribution < 1.29 is 9.53 Å². The third-order valence-corrected chi connectivity index (χ3v) is 5.99. The van der Waals surface area contributed by atoms with Gasteiger partial charge in [-0.15, -0.1) is 11.8 Å². The van der Waals surface area contributed by atoms with Gasteiger partial charge in [-0.05, 0) is 66.4 Å². The van der Waals surface area contributed by atoms with Gasteiger partial charge in [0.15, 0.2) is 5.17 Å². The first-order valence-corrected chi connectivity index (χ1v) is 11.3. The Kier molecular flexibility index (Phi) is 7.23. The van der Waals surface area contributed by atoms with Gasteiger partial charge in [0.25, 0.3) is 5.91 Å². The summed E-state index contributed by atoms with van der Waals surface area (Å²) in [7, 11) is 1.76. The van der Waals surface area contributed by atoms with Crippen LogP contribution in [-0.4, -0.2) is 35.9 Å². The number of aliphatic imine (C=N–C) groups is 1. The van der Waals surface area contributed by atoms with Crippen LogP contribution in [0.5, 0.6) is 5.75 Å². The summed E-state index contributed by atoms with van der Waals surface area (Å²) in [6.07, 6.45) is 6.06. The maximum absolute atomic E-state index is 12.6. The highest BCUT2D eigenvalue weighted by Crippen LogP contribution is 2.34. The lowest BCUT2D eigenvalue weighted by Crippen LogP contribution is -2.23. The molecule has 6 heteroatoms. The summed E-state index contributed by atoms with van der Waals surface area (Å²) in [5.41, 5.74) is 1.80. The van der Waals surface area contributed by atoms with Gasteiger partial charge in [-0.2, -0.15) is 0 Å². The second-order valence-electron chi connectivity index (χ2n) is 6.35. The van der Waals surface area contributed by atoms with Gasteiger partial charge in [-0.1, -0.05) is 31.5 Å². The van der Waals surface area contributed by atoms with E-state index in [0.29, 0.717) is 16.7 Å². The highest BCUT2D eigenvalue weighted by molar-refractivity contribution is 8.18. The minimum atomic E-state index is -0.0397. The van der Waals surface area contributed by atoms with Crippen LogP contribution in [0.3, 0.4) is 0 Å². The first-order valence-electron chi connectivity index (χ1n) is 9.24. The summed E-state index contributed by atoms with van der Waals surface area (Å²) in [6.45, 7) is 2.85. The molecule has 0 bridgehead atoms. The molecular formula is C22H24N2O2S2. The van der Waals surface area contributed by atoms with Gasteiger partial charge >= 0.3 is 0 Å². The van der Waals surface area contributed by atoms with Gasteiger partial charge in [0.1, 0.15) is 5.75 Å². The topological polar surface area (TPSA) is 41.9 Å². The predicted molar refractivity (Wildman–Crippen MR) is 121 cm³/mol. The van der Waals surface area contributed by atoms with Crippen molar-refractivity contribution >= 4 is 46.4 Å². The summed E-state index contributed by atoms with van der Waals surface area (Å²) < 4.78 is 5.76. The lowest BCUT2D eigenvalue weighted by molar-refractivity contribution is -0.121. The number of unbranched alkanes of at least 4 members (excludes halogenated alkanes) is 1. The number of rotatable bonds is 7. The van der Waals surface area contributed by atoms with Crippen LogP contribution in [-0.2, 0) is 4.79 Å². The zero-order valence-corrected chi connectivity index (χ0v) is 18.0. The predicted octanol–water partition coefficient (Wildman–Crippen LogP) is 5.82. The van der Waals surface area contributed by atoms with E-state index in [2.05, 4.69) is 11.9 Å². The number of benzene rings is 2. The number of hydrogen-bond acceptors (Lipinski definition) is 5. The molecule has 0 atom stereocenters. The third kappa shape index (κ3) is 5.20. The van der Waals surface area contributed by atoms with E-state index in [4.69, 9.17) is 4.74 Å². The van der Waals surface area contributed by atoms with Crippen molar-refractivity contribution in [1.29, 1.82) is 0 Å². The molecule has 0 aromatic heterocycles. The quantitative estimate of drug-likeness (QED) is 0.326. The number of thioether (sulfide) groups is 2. The molecule has 3 rings (SSSR count). The third-order valence-electron chi connectivity index (χ3n) is 4.20. The standard InChI is InChI=1S/C22H24N2O2S2/c1-4-5-12-26-18-10-6-8-16(13-18)14-20-21(25)24(2)22(28-20)23-17-9-7-11-19(15-17)27-3/h6-11,13-15H,4-5,12H2,1-3H3/b20-14+,23-22?. The lowest BCUT2D eigenvalue weighted by Gasteiger charge is -2.07. The van der Waals surface area contributed by atoms with Crippen LogP contribution in [0, 0.1) is 0 Å². The van der Waals surface area contributed by atoms with E-state index < -0.39 is 0 Å². The van der Waals surface area contributed by atoms with Gasteiger partial charge in [0.05, 0.1) is 17.2 Å². The van der Waals surface area contributed by atoms with E-state index in [1.807, 2.05) is 60.9 Å². The van der Waals surface area contributed by atoms with Crippen molar-refractivity contribution in [1.82, 2.24) is 4.90 Å². The van der Waals surface area contributed by atoms with Crippen LogP contribution >= 0.6 is 23.5 Å². The SMILES string of the molecule is CCCCOc1cccc(/C=C2/SC(=Nc3cccc(SC)c3)N(C)C2=O)c1. The molecule has 2 aromatic rings. The Balaban J connectivity index is 1.79. The van der Waals surface area contributed by atoms with Gasteiger partial charge in [0.2, 0.25) is 0 Å². The minimum absolute atomic E-state index is 0.0397. The molecule has 0 N–H and O–H groups in total. The number of amides is 1. The summed E-state index contributed by atoms with van der Waals surface area (Å²) in [6, 6.07) is 15.8. The molecule has 0 radical (unpaired) electrons. The van der Waals surface area contributed by atoms with E-state index in [-0.39, 0.29) is 5.91 Å². The van der Waals surface area contributed by atoms with Gasteiger partial charge in [-0.25, -0.2) is 4.99 Å². The van der Waals surface area contributed by atoms with Crippen LogP contribution in [0.4, 0.5) is 5.69 Å². The van der Waals surface area contributed by atoms with Crippen LogP contribution in [0.1, 0.15) is 25.3 Å². The Labute approximate surface area is 175 Å². The van der Waals surface area contributed by atoms with E-state index in [0.717, 1.165) is 34.7 Å². The van der Waals surface area contributed by atoms with Crippen molar-refractivity contribution in [2.24, 2.45) is 4.99 Å². The van der Waals surface area contributed by atoms with E-state index in [1.54, 1.807) is 23.7 Å². The second-order valence-corrected chi connectivity index (χ2v) is 8.23. The Bertz CT molecular complexity index is 909. The van der Waals surface area contributed by atoms with Crippen LogP contribution in [0.15, 0.2) is 63.3 Å². The fraction of sp³-hybridized carbons (Fsp3) is 0.273. The largest absolute Gasteiger partial charge is 0.494 e. The van der Waals surface area contributed by atoms with Crippen LogP contribution < -0.4 is 4.74 Å².